The van der Waals surface area contributed by atoms with Crippen molar-refractivity contribution in [3.05, 3.63) is 18.0 Å². The van der Waals surface area contributed by atoms with Gasteiger partial charge in [0.25, 0.3) is 0 Å². The minimum Gasteiger partial charge on any atom is -0.340 e. The lowest BCUT2D eigenvalue weighted by Crippen LogP contribution is -2.32. The zero-order valence-electron chi connectivity index (χ0n) is 8.55. The molecule has 0 saturated carbocycles. The minimum absolute atomic E-state index is 0.428. The Bertz CT molecular complexity index is 381. The van der Waals surface area contributed by atoms with Crippen molar-refractivity contribution in [1.82, 2.24) is 9.97 Å². The van der Waals surface area contributed by atoms with Crippen LogP contribution in [-0.2, 0) is 0 Å². The molecule has 1 saturated heterocycles. The van der Waals surface area contributed by atoms with Crippen LogP contribution in [0.25, 0.3) is 0 Å². The minimum atomic E-state index is 0.428. The second-order valence-electron chi connectivity index (χ2n) is 3.48. The highest BCUT2D eigenvalue weighted by Crippen LogP contribution is 2.23. The molecular formula is C10H12N4S. The van der Waals surface area contributed by atoms with Gasteiger partial charge in [0, 0.05) is 25.0 Å². The molecule has 0 aromatic carbocycles. The first kappa shape index (κ1) is 10.2. The predicted octanol–water partition coefficient (Wildman–Crippen LogP) is 1.29. The molecule has 1 atom stereocenters. The van der Waals surface area contributed by atoms with Gasteiger partial charge in [-0.15, -0.1) is 0 Å². The molecule has 1 aromatic rings. The molecule has 0 amide bonds. The highest BCUT2D eigenvalue weighted by Gasteiger charge is 2.21. The SMILES string of the molecule is CN(c1nccc(C#N)n1)C1CCSC1. The van der Waals surface area contributed by atoms with Gasteiger partial charge in [0.05, 0.1) is 0 Å². The summed E-state index contributed by atoms with van der Waals surface area (Å²) in [6, 6.07) is 4.16. The third-order valence-corrected chi connectivity index (χ3v) is 3.67. The molecule has 1 aromatic heterocycles. The second-order valence-corrected chi connectivity index (χ2v) is 4.63. The van der Waals surface area contributed by atoms with Gasteiger partial charge in [0.15, 0.2) is 0 Å². The van der Waals surface area contributed by atoms with Gasteiger partial charge in [-0.1, -0.05) is 0 Å². The first-order valence-corrected chi connectivity index (χ1v) is 6.00. The van der Waals surface area contributed by atoms with Crippen LogP contribution in [0, 0.1) is 11.3 Å². The quantitative estimate of drug-likeness (QED) is 0.751. The Hall–Kier alpha value is -1.28. The van der Waals surface area contributed by atoms with Crippen molar-refractivity contribution in [2.45, 2.75) is 12.5 Å². The number of aromatic nitrogens is 2. The maximum atomic E-state index is 8.75. The standard InChI is InChI=1S/C10H12N4S/c1-14(9-3-5-15-7-9)10-12-4-2-8(6-11)13-10/h2,4,9H,3,5,7H2,1H3. The van der Waals surface area contributed by atoms with Crippen molar-refractivity contribution in [2.24, 2.45) is 0 Å². The van der Waals surface area contributed by atoms with E-state index in [0.29, 0.717) is 17.7 Å². The van der Waals surface area contributed by atoms with Crippen LogP contribution in [0.2, 0.25) is 0 Å². The molecule has 5 heteroatoms. The molecule has 0 radical (unpaired) electrons. The maximum absolute atomic E-state index is 8.75. The number of nitrogens with zero attached hydrogens (tertiary/aromatic N) is 4. The zero-order chi connectivity index (χ0) is 10.7. The van der Waals surface area contributed by atoms with E-state index in [0.717, 1.165) is 5.75 Å². The number of hydrogen-bond acceptors (Lipinski definition) is 5. The monoisotopic (exact) mass is 220 g/mol. The maximum Gasteiger partial charge on any atom is 0.226 e. The molecule has 1 aliphatic heterocycles. The molecule has 0 aliphatic carbocycles. The molecule has 1 fully saturated rings. The van der Waals surface area contributed by atoms with Crippen molar-refractivity contribution in [1.29, 1.82) is 5.26 Å². The van der Waals surface area contributed by atoms with Crippen LogP contribution in [0.4, 0.5) is 5.95 Å². The van der Waals surface area contributed by atoms with E-state index in [-0.39, 0.29) is 0 Å². The fraction of sp³-hybridized carbons (Fsp3) is 0.500. The molecule has 4 nitrogen and oxygen atoms in total. The van der Waals surface area contributed by atoms with Crippen molar-refractivity contribution >= 4 is 17.7 Å². The van der Waals surface area contributed by atoms with Crippen molar-refractivity contribution in [3.63, 3.8) is 0 Å². The number of nitriles is 1. The summed E-state index contributed by atoms with van der Waals surface area (Å²) >= 11 is 1.95. The summed E-state index contributed by atoms with van der Waals surface area (Å²) < 4.78 is 0. The number of hydrogen-bond donors (Lipinski definition) is 0. The van der Waals surface area contributed by atoms with Crippen LogP contribution in [-0.4, -0.2) is 34.6 Å². The molecule has 15 heavy (non-hydrogen) atoms. The van der Waals surface area contributed by atoms with E-state index in [1.807, 2.05) is 24.9 Å². The summed E-state index contributed by atoms with van der Waals surface area (Å²) in [6.07, 6.45) is 2.81. The van der Waals surface area contributed by atoms with Gasteiger partial charge >= 0.3 is 0 Å². The molecule has 78 valence electrons. The van der Waals surface area contributed by atoms with E-state index in [1.54, 1.807) is 12.3 Å². The Morgan fingerprint density at radius 2 is 2.53 bits per heavy atom. The first-order valence-electron chi connectivity index (χ1n) is 4.85. The molecular weight excluding hydrogens is 208 g/mol. The Kier molecular flexibility index (Phi) is 3.07. The van der Waals surface area contributed by atoms with Crippen LogP contribution in [0.15, 0.2) is 12.3 Å². The van der Waals surface area contributed by atoms with E-state index < -0.39 is 0 Å². The third kappa shape index (κ3) is 2.21. The topological polar surface area (TPSA) is 52.8 Å². The normalized spacial score (nSPS) is 19.9. The number of anilines is 1. The molecule has 0 spiro atoms. The largest absolute Gasteiger partial charge is 0.340 e. The number of rotatable bonds is 2. The van der Waals surface area contributed by atoms with Gasteiger partial charge in [-0.25, -0.2) is 9.97 Å². The molecule has 1 unspecified atom stereocenters. The lowest BCUT2D eigenvalue weighted by atomic mass is 10.2. The van der Waals surface area contributed by atoms with Gasteiger partial charge in [-0.05, 0) is 18.2 Å². The highest BCUT2D eigenvalue weighted by molar-refractivity contribution is 7.99. The van der Waals surface area contributed by atoms with Crippen LogP contribution in [0.3, 0.4) is 0 Å². The summed E-state index contributed by atoms with van der Waals surface area (Å²) in [7, 11) is 1.99. The second kappa shape index (κ2) is 4.49. The summed E-state index contributed by atoms with van der Waals surface area (Å²) in [4.78, 5) is 10.4. The van der Waals surface area contributed by atoms with Crippen LogP contribution >= 0.6 is 11.8 Å². The van der Waals surface area contributed by atoms with Gasteiger partial charge in [0.2, 0.25) is 5.95 Å². The fourth-order valence-corrected chi connectivity index (χ4v) is 2.84. The van der Waals surface area contributed by atoms with E-state index in [9.17, 15) is 0 Å². The van der Waals surface area contributed by atoms with Crippen molar-refractivity contribution in [3.8, 4) is 6.07 Å². The van der Waals surface area contributed by atoms with E-state index in [1.165, 1.54) is 12.2 Å². The fourth-order valence-electron chi connectivity index (χ4n) is 1.57. The highest BCUT2D eigenvalue weighted by atomic mass is 32.2. The lowest BCUT2D eigenvalue weighted by molar-refractivity contribution is 0.681. The molecule has 2 rings (SSSR count). The first-order chi connectivity index (χ1) is 7.31. The van der Waals surface area contributed by atoms with Crippen LogP contribution < -0.4 is 4.90 Å². The van der Waals surface area contributed by atoms with Gasteiger partial charge < -0.3 is 4.90 Å². The van der Waals surface area contributed by atoms with Crippen LogP contribution in [0.5, 0.6) is 0 Å². The summed E-state index contributed by atoms with van der Waals surface area (Å²) in [5.41, 5.74) is 0.428. The van der Waals surface area contributed by atoms with Crippen molar-refractivity contribution < 1.29 is 0 Å². The van der Waals surface area contributed by atoms with Gasteiger partial charge in [-0.2, -0.15) is 17.0 Å². The lowest BCUT2D eigenvalue weighted by Gasteiger charge is -2.23. The molecule has 2 heterocycles. The van der Waals surface area contributed by atoms with Gasteiger partial charge in [-0.3, -0.25) is 0 Å². The van der Waals surface area contributed by atoms with Crippen LogP contribution in [0.1, 0.15) is 12.1 Å². The summed E-state index contributed by atoms with van der Waals surface area (Å²) in [5.74, 6) is 2.98. The molecule has 0 bridgehead atoms. The van der Waals surface area contributed by atoms with Crippen molar-refractivity contribution in [2.75, 3.05) is 23.5 Å². The van der Waals surface area contributed by atoms with E-state index >= 15 is 0 Å². The van der Waals surface area contributed by atoms with Gasteiger partial charge in [0.1, 0.15) is 11.8 Å². The predicted molar refractivity (Wildman–Crippen MR) is 60.9 cm³/mol. The summed E-state index contributed by atoms with van der Waals surface area (Å²) in [6.45, 7) is 0. The Labute approximate surface area is 93.3 Å². The van der Waals surface area contributed by atoms with E-state index in [2.05, 4.69) is 14.9 Å². The molecule has 1 aliphatic rings. The number of thioether (sulfide) groups is 1. The zero-order valence-corrected chi connectivity index (χ0v) is 9.37. The summed E-state index contributed by atoms with van der Waals surface area (Å²) in [5, 5.41) is 8.75. The Morgan fingerprint density at radius 1 is 1.67 bits per heavy atom. The van der Waals surface area contributed by atoms with E-state index in [4.69, 9.17) is 5.26 Å². The Morgan fingerprint density at radius 3 is 3.20 bits per heavy atom. The average Bonchev–Trinajstić information content (AvgIpc) is 2.81. The molecule has 0 N–H and O–H groups in total. The third-order valence-electron chi connectivity index (χ3n) is 2.53. The smallest absolute Gasteiger partial charge is 0.226 e. The average molecular weight is 220 g/mol. The Balaban J connectivity index is 2.17.